The van der Waals surface area contributed by atoms with Gasteiger partial charge < -0.3 is 19.3 Å². The number of hydrogen-bond donors (Lipinski definition) is 0. The maximum atomic E-state index is 13.6. The minimum Gasteiger partial charge on any atom is -0.488 e. The van der Waals surface area contributed by atoms with E-state index in [1.54, 1.807) is 36.4 Å². The maximum Gasteiger partial charge on any atom is 0.206 e. The molecule has 0 atom stereocenters. The van der Waals surface area contributed by atoms with E-state index in [2.05, 4.69) is 199 Å². The van der Waals surface area contributed by atoms with Gasteiger partial charge in [0.25, 0.3) is 0 Å². The summed E-state index contributed by atoms with van der Waals surface area (Å²) in [5.74, 6) is 2.07. The Kier molecular flexibility index (Phi) is 16.1. The fourth-order valence-corrected chi connectivity index (χ4v) is 10.6. The van der Waals surface area contributed by atoms with Crippen molar-refractivity contribution in [3.63, 3.8) is 0 Å². The van der Waals surface area contributed by atoms with E-state index in [0.29, 0.717) is 11.5 Å². The third-order valence-electron chi connectivity index (χ3n) is 13.7. The molecular weight excluding hydrogens is 905 g/mol. The minimum absolute atomic E-state index is 0.0162. The maximum absolute atomic E-state index is 13.6. The molecule has 7 heteroatoms. The molecule has 0 aromatic heterocycles. The van der Waals surface area contributed by atoms with Crippen molar-refractivity contribution in [3.05, 3.63) is 211 Å². The Morgan fingerprint density at radius 2 is 0.750 bits per heavy atom. The zero-order valence-corrected chi connectivity index (χ0v) is 44.2. The molecule has 72 heavy (non-hydrogen) atoms. The molecule has 0 aliphatic rings. The van der Waals surface area contributed by atoms with Gasteiger partial charge in [-0.15, -0.1) is 0 Å². The van der Waals surface area contributed by atoms with Gasteiger partial charge in [-0.3, -0.25) is 0 Å². The minimum atomic E-state index is -3.69. The Bertz CT molecular complexity index is 3090. The highest BCUT2D eigenvalue weighted by Crippen LogP contribution is 2.40. The number of hydrogen-bond acceptors (Lipinski definition) is 6. The van der Waals surface area contributed by atoms with Crippen molar-refractivity contribution in [3.8, 4) is 28.4 Å². The summed E-state index contributed by atoms with van der Waals surface area (Å²) in [7, 11) is -3.69. The van der Waals surface area contributed by atoms with Crippen LogP contribution >= 0.6 is 0 Å². The van der Waals surface area contributed by atoms with Gasteiger partial charge in [-0.2, -0.15) is 0 Å². The van der Waals surface area contributed by atoms with Gasteiger partial charge >= 0.3 is 0 Å². The van der Waals surface area contributed by atoms with Crippen LogP contribution in [-0.2, 0) is 28.1 Å². The number of anilines is 6. The number of nitrogens with zero attached hydrogens (tertiary/aromatic N) is 2. The van der Waals surface area contributed by atoms with Gasteiger partial charge in [0.1, 0.15) is 22.8 Å². The summed E-state index contributed by atoms with van der Waals surface area (Å²) in [5, 5.41) is 0. The monoisotopic (exact) mass is 975 g/mol. The van der Waals surface area contributed by atoms with Crippen molar-refractivity contribution in [1.29, 1.82) is 0 Å². The molecular formula is C65H70N2O4S. The van der Waals surface area contributed by atoms with Crippen LogP contribution in [0.5, 0.6) is 17.2 Å². The number of ether oxygens (including phenoxy) is 2. The van der Waals surface area contributed by atoms with Crippen LogP contribution in [-0.4, -0.2) is 14.0 Å². The Balaban J connectivity index is 1.00. The standard InChI is InChI=1S/C65H70N2O4S/c1-9-13-47-65(7,8)71-61-38-34-58(35-39-61)67(54-26-16-49(12-4)17-27-54)56-30-20-51(21-31-56)50-18-28-55(29-19-50)66(53-24-14-48(11-3)15-25-53)57-32-36-59(37-33-57)70-60-40-44-63(45-41-60)72(68,69)62-42-22-52(23-43-62)64(5,6)46-10-2/h14-45H,9-13,46-47H2,1-8H3. The Morgan fingerprint density at radius 1 is 0.403 bits per heavy atom. The van der Waals surface area contributed by atoms with Crippen molar-refractivity contribution in [2.45, 2.75) is 121 Å². The van der Waals surface area contributed by atoms with Crippen LogP contribution in [0.1, 0.15) is 104 Å². The molecule has 0 aliphatic heterocycles. The highest BCUT2D eigenvalue weighted by atomic mass is 32.2. The first-order valence-electron chi connectivity index (χ1n) is 25.7. The summed E-state index contributed by atoms with van der Waals surface area (Å²) < 4.78 is 39.9. The Labute approximate surface area is 429 Å². The SMILES string of the molecule is CCCCC(C)(C)Oc1ccc(N(c2ccc(CC)cc2)c2ccc(-c3ccc(N(c4ccc(CC)cc4)c4ccc(Oc5ccc(S(=O)(=O)c6ccc(C(C)(C)CCC)cc6)cc5)cc4)cc3)cc2)cc1. The summed E-state index contributed by atoms with van der Waals surface area (Å²) in [5.41, 5.74) is 12.0. The first-order valence-corrected chi connectivity index (χ1v) is 27.2. The molecule has 0 fully saturated rings. The van der Waals surface area contributed by atoms with Gasteiger partial charge in [0.05, 0.1) is 9.79 Å². The number of benzene rings is 8. The molecule has 8 rings (SSSR count). The number of unbranched alkanes of at least 4 members (excludes halogenated alkanes) is 1. The van der Waals surface area contributed by atoms with Crippen LogP contribution in [0.4, 0.5) is 34.1 Å². The fraction of sp³-hybridized carbons (Fsp3) is 0.262. The molecule has 0 heterocycles. The van der Waals surface area contributed by atoms with Crippen LogP contribution in [0.15, 0.2) is 204 Å². The lowest BCUT2D eigenvalue weighted by Crippen LogP contribution is -2.27. The summed E-state index contributed by atoms with van der Waals surface area (Å²) in [6.45, 7) is 17.5. The average molecular weight is 975 g/mol. The molecule has 0 radical (unpaired) electrons. The molecule has 0 saturated heterocycles. The molecule has 8 aromatic rings. The quantitative estimate of drug-likeness (QED) is 0.0715. The van der Waals surface area contributed by atoms with Crippen LogP contribution < -0.4 is 19.3 Å². The first-order chi connectivity index (χ1) is 34.7. The molecule has 0 aliphatic carbocycles. The van der Waals surface area contributed by atoms with Gasteiger partial charge in [0, 0.05) is 34.1 Å². The third-order valence-corrected chi connectivity index (χ3v) is 15.5. The second-order valence-corrected chi connectivity index (χ2v) is 21.9. The molecule has 0 spiro atoms. The Morgan fingerprint density at radius 3 is 1.12 bits per heavy atom. The molecule has 0 amide bonds. The highest BCUT2D eigenvalue weighted by Gasteiger charge is 2.24. The molecule has 0 unspecified atom stereocenters. The number of aryl methyl sites for hydroxylation is 2. The van der Waals surface area contributed by atoms with Gasteiger partial charge in [0.15, 0.2) is 0 Å². The lowest BCUT2D eigenvalue weighted by Gasteiger charge is -2.28. The summed E-state index contributed by atoms with van der Waals surface area (Å²) in [4.78, 5) is 5.05. The highest BCUT2D eigenvalue weighted by molar-refractivity contribution is 7.91. The number of sulfone groups is 1. The summed E-state index contributed by atoms with van der Waals surface area (Å²) in [6, 6.07) is 65.5. The van der Waals surface area contributed by atoms with Crippen LogP contribution in [0.25, 0.3) is 11.1 Å². The predicted octanol–water partition coefficient (Wildman–Crippen LogP) is 18.5. The van der Waals surface area contributed by atoms with E-state index in [1.165, 1.54) is 11.1 Å². The van der Waals surface area contributed by atoms with Crippen LogP contribution in [0, 0.1) is 0 Å². The molecule has 0 N–H and O–H groups in total. The van der Waals surface area contributed by atoms with Gasteiger partial charge in [0.2, 0.25) is 9.84 Å². The van der Waals surface area contributed by atoms with Gasteiger partial charge in [-0.25, -0.2) is 8.42 Å². The fourth-order valence-electron chi connectivity index (χ4n) is 9.37. The topological polar surface area (TPSA) is 59.1 Å². The zero-order valence-electron chi connectivity index (χ0n) is 43.4. The normalized spacial score (nSPS) is 11.8. The molecule has 0 bridgehead atoms. The first kappa shape index (κ1) is 51.3. The van der Waals surface area contributed by atoms with Crippen molar-refractivity contribution < 1.29 is 17.9 Å². The van der Waals surface area contributed by atoms with Crippen LogP contribution in [0.3, 0.4) is 0 Å². The van der Waals surface area contributed by atoms with Gasteiger partial charge in [-0.05, 0) is 213 Å². The summed E-state index contributed by atoms with van der Waals surface area (Å²) in [6.07, 6.45) is 7.33. The second kappa shape index (κ2) is 22.5. The largest absolute Gasteiger partial charge is 0.488 e. The van der Waals surface area contributed by atoms with E-state index < -0.39 is 9.84 Å². The second-order valence-electron chi connectivity index (χ2n) is 20.0. The van der Waals surface area contributed by atoms with Crippen molar-refractivity contribution in [2.24, 2.45) is 0 Å². The molecule has 8 aromatic carbocycles. The van der Waals surface area contributed by atoms with Crippen molar-refractivity contribution in [1.82, 2.24) is 0 Å². The van der Waals surface area contributed by atoms with E-state index in [1.807, 2.05) is 24.3 Å². The van der Waals surface area contributed by atoms with E-state index in [0.717, 1.165) is 102 Å². The van der Waals surface area contributed by atoms with E-state index in [-0.39, 0.29) is 20.8 Å². The predicted molar refractivity (Wildman–Crippen MR) is 301 cm³/mol. The third kappa shape index (κ3) is 12.1. The Hall–Kier alpha value is -7.09. The average Bonchev–Trinajstić information content (AvgIpc) is 3.40. The summed E-state index contributed by atoms with van der Waals surface area (Å²) >= 11 is 0. The molecule has 6 nitrogen and oxygen atoms in total. The zero-order chi connectivity index (χ0) is 50.9. The van der Waals surface area contributed by atoms with E-state index in [9.17, 15) is 8.42 Å². The smallest absolute Gasteiger partial charge is 0.206 e. The number of rotatable bonds is 21. The van der Waals surface area contributed by atoms with Crippen molar-refractivity contribution in [2.75, 3.05) is 9.80 Å². The van der Waals surface area contributed by atoms with Crippen molar-refractivity contribution >= 4 is 44.0 Å². The molecule has 370 valence electrons. The van der Waals surface area contributed by atoms with E-state index >= 15 is 0 Å². The lowest BCUT2D eigenvalue weighted by molar-refractivity contribution is 0.0968. The van der Waals surface area contributed by atoms with Gasteiger partial charge in [-0.1, -0.05) is 115 Å². The van der Waals surface area contributed by atoms with E-state index in [4.69, 9.17) is 9.47 Å². The van der Waals surface area contributed by atoms with Crippen LogP contribution in [0.2, 0.25) is 0 Å². The molecule has 0 saturated carbocycles. The lowest BCUT2D eigenvalue weighted by atomic mass is 9.81.